The average Bonchev–Trinajstić information content (AvgIpc) is 3.04. The standard InChI is InChI=1S/C18H23F2N3O2/c19-15-4-1-3-13(17(15)20)6-9-21-18(25)22-11-7-14(8-12-22)23-10-2-5-16(23)24/h1,3-4,14H,2,5-12H2,(H,21,25). The summed E-state index contributed by atoms with van der Waals surface area (Å²) >= 11 is 0. The Morgan fingerprint density at radius 1 is 1.20 bits per heavy atom. The van der Waals surface area contributed by atoms with Crippen molar-refractivity contribution in [3.8, 4) is 0 Å². The number of benzene rings is 1. The number of piperidine rings is 1. The molecule has 2 aliphatic heterocycles. The number of hydrogen-bond acceptors (Lipinski definition) is 2. The van der Waals surface area contributed by atoms with Crippen LogP contribution in [-0.2, 0) is 11.2 Å². The van der Waals surface area contributed by atoms with Crippen LogP contribution in [0, 0.1) is 11.6 Å². The maximum Gasteiger partial charge on any atom is 0.317 e. The first-order valence-corrected chi connectivity index (χ1v) is 8.81. The van der Waals surface area contributed by atoms with Gasteiger partial charge in [-0.05, 0) is 37.3 Å². The predicted molar refractivity (Wildman–Crippen MR) is 89.0 cm³/mol. The number of likely N-dealkylation sites (tertiary alicyclic amines) is 2. The molecule has 2 aliphatic rings. The zero-order valence-corrected chi connectivity index (χ0v) is 14.1. The first-order chi connectivity index (χ1) is 12.1. The quantitative estimate of drug-likeness (QED) is 0.905. The van der Waals surface area contributed by atoms with Crippen LogP contribution in [0.4, 0.5) is 13.6 Å². The van der Waals surface area contributed by atoms with Crippen molar-refractivity contribution in [3.63, 3.8) is 0 Å². The van der Waals surface area contributed by atoms with Crippen molar-refractivity contribution in [1.82, 2.24) is 15.1 Å². The summed E-state index contributed by atoms with van der Waals surface area (Å²) in [6.45, 7) is 2.29. The monoisotopic (exact) mass is 351 g/mol. The first-order valence-electron chi connectivity index (χ1n) is 8.81. The Morgan fingerprint density at radius 3 is 2.64 bits per heavy atom. The Hall–Kier alpha value is -2.18. The van der Waals surface area contributed by atoms with Gasteiger partial charge in [-0.25, -0.2) is 13.6 Å². The highest BCUT2D eigenvalue weighted by Gasteiger charge is 2.31. The van der Waals surface area contributed by atoms with E-state index in [0.29, 0.717) is 19.5 Å². The Morgan fingerprint density at radius 2 is 1.96 bits per heavy atom. The number of rotatable bonds is 4. The second-order valence-corrected chi connectivity index (χ2v) is 6.60. The number of halogens is 2. The molecule has 25 heavy (non-hydrogen) atoms. The lowest BCUT2D eigenvalue weighted by atomic mass is 10.0. The molecule has 0 aliphatic carbocycles. The third-order valence-corrected chi connectivity index (χ3v) is 5.00. The highest BCUT2D eigenvalue weighted by atomic mass is 19.2. The van der Waals surface area contributed by atoms with Gasteiger partial charge in [0.05, 0.1) is 0 Å². The molecule has 0 spiro atoms. The molecule has 0 aromatic heterocycles. The van der Waals surface area contributed by atoms with Gasteiger partial charge in [0.15, 0.2) is 11.6 Å². The summed E-state index contributed by atoms with van der Waals surface area (Å²) in [4.78, 5) is 27.7. The topological polar surface area (TPSA) is 52.7 Å². The second-order valence-electron chi connectivity index (χ2n) is 6.60. The summed E-state index contributed by atoms with van der Waals surface area (Å²) in [7, 11) is 0. The lowest BCUT2D eigenvalue weighted by molar-refractivity contribution is -0.130. The minimum atomic E-state index is -0.873. The molecular formula is C18H23F2N3O2. The van der Waals surface area contributed by atoms with E-state index in [0.717, 1.165) is 31.9 Å². The molecule has 5 nitrogen and oxygen atoms in total. The van der Waals surface area contributed by atoms with Crippen LogP contribution in [0.5, 0.6) is 0 Å². The summed E-state index contributed by atoms with van der Waals surface area (Å²) in [5, 5.41) is 2.76. The molecule has 2 saturated heterocycles. The van der Waals surface area contributed by atoms with Gasteiger partial charge in [-0.1, -0.05) is 12.1 Å². The van der Waals surface area contributed by atoms with Crippen LogP contribution < -0.4 is 5.32 Å². The highest BCUT2D eigenvalue weighted by Crippen LogP contribution is 2.22. The number of urea groups is 1. The van der Waals surface area contributed by atoms with E-state index < -0.39 is 11.6 Å². The van der Waals surface area contributed by atoms with Crippen molar-refractivity contribution in [1.29, 1.82) is 0 Å². The van der Waals surface area contributed by atoms with Crippen molar-refractivity contribution in [2.24, 2.45) is 0 Å². The van der Waals surface area contributed by atoms with Gasteiger partial charge in [-0.3, -0.25) is 4.79 Å². The van der Waals surface area contributed by atoms with Crippen LogP contribution in [0.15, 0.2) is 18.2 Å². The molecule has 1 aromatic rings. The largest absolute Gasteiger partial charge is 0.340 e. The third-order valence-electron chi connectivity index (χ3n) is 5.00. The molecule has 0 atom stereocenters. The van der Waals surface area contributed by atoms with Crippen molar-refractivity contribution in [2.45, 2.75) is 38.1 Å². The smallest absolute Gasteiger partial charge is 0.317 e. The van der Waals surface area contributed by atoms with Crippen LogP contribution >= 0.6 is 0 Å². The predicted octanol–water partition coefficient (Wildman–Crippen LogP) is 2.30. The van der Waals surface area contributed by atoms with Crippen LogP contribution in [-0.4, -0.2) is 54.0 Å². The Balaban J connectivity index is 1.42. The van der Waals surface area contributed by atoms with Gasteiger partial charge in [-0.15, -0.1) is 0 Å². The summed E-state index contributed by atoms with van der Waals surface area (Å²) in [6, 6.07) is 4.10. The second kappa shape index (κ2) is 7.80. The first kappa shape index (κ1) is 17.6. The number of carbonyl (C=O) groups excluding carboxylic acids is 2. The van der Waals surface area contributed by atoms with E-state index in [1.807, 2.05) is 4.90 Å². The molecule has 0 unspecified atom stereocenters. The molecule has 1 aromatic carbocycles. The van der Waals surface area contributed by atoms with E-state index in [-0.39, 0.29) is 36.5 Å². The number of carbonyl (C=O) groups is 2. The van der Waals surface area contributed by atoms with Gasteiger partial charge in [0, 0.05) is 38.6 Å². The molecule has 3 rings (SSSR count). The van der Waals surface area contributed by atoms with Crippen molar-refractivity contribution < 1.29 is 18.4 Å². The van der Waals surface area contributed by atoms with E-state index >= 15 is 0 Å². The van der Waals surface area contributed by atoms with Gasteiger partial charge in [0.1, 0.15) is 0 Å². The molecule has 1 N–H and O–H groups in total. The molecule has 0 bridgehead atoms. The molecule has 2 fully saturated rings. The van der Waals surface area contributed by atoms with Crippen molar-refractivity contribution in [2.75, 3.05) is 26.2 Å². The molecule has 2 heterocycles. The zero-order valence-electron chi connectivity index (χ0n) is 14.1. The average molecular weight is 351 g/mol. The lowest BCUT2D eigenvalue weighted by Gasteiger charge is -2.36. The highest BCUT2D eigenvalue weighted by molar-refractivity contribution is 5.78. The normalized spacial score (nSPS) is 18.7. The maximum atomic E-state index is 13.6. The minimum absolute atomic E-state index is 0.192. The van der Waals surface area contributed by atoms with E-state index in [9.17, 15) is 18.4 Å². The SMILES string of the molecule is O=C(NCCc1cccc(F)c1F)N1CCC(N2CCCC2=O)CC1. The molecule has 7 heteroatoms. The van der Waals surface area contributed by atoms with Gasteiger partial charge in [0.2, 0.25) is 5.91 Å². The van der Waals surface area contributed by atoms with Gasteiger partial charge in [-0.2, -0.15) is 0 Å². The number of nitrogens with zero attached hydrogens (tertiary/aromatic N) is 2. The zero-order chi connectivity index (χ0) is 17.8. The Kier molecular flexibility index (Phi) is 5.50. The summed E-state index contributed by atoms with van der Waals surface area (Å²) in [5.41, 5.74) is 0.256. The summed E-state index contributed by atoms with van der Waals surface area (Å²) in [5.74, 6) is -1.50. The van der Waals surface area contributed by atoms with Crippen molar-refractivity contribution >= 4 is 11.9 Å². The van der Waals surface area contributed by atoms with Crippen LogP contribution in [0.1, 0.15) is 31.2 Å². The van der Waals surface area contributed by atoms with Gasteiger partial charge < -0.3 is 15.1 Å². The van der Waals surface area contributed by atoms with Crippen molar-refractivity contribution in [3.05, 3.63) is 35.4 Å². The molecule has 3 amide bonds. The fourth-order valence-electron chi connectivity index (χ4n) is 3.59. The number of nitrogens with one attached hydrogen (secondary N) is 1. The van der Waals surface area contributed by atoms with Crippen LogP contribution in [0.25, 0.3) is 0 Å². The number of hydrogen-bond donors (Lipinski definition) is 1. The third kappa shape index (κ3) is 4.08. The van der Waals surface area contributed by atoms with E-state index in [1.165, 1.54) is 12.1 Å². The fourth-order valence-corrected chi connectivity index (χ4v) is 3.59. The molecule has 0 radical (unpaired) electrons. The lowest BCUT2D eigenvalue weighted by Crippen LogP contribution is -2.50. The van der Waals surface area contributed by atoms with Gasteiger partial charge >= 0.3 is 6.03 Å². The van der Waals surface area contributed by atoms with E-state index in [2.05, 4.69) is 5.32 Å². The Bertz CT molecular complexity index is 645. The minimum Gasteiger partial charge on any atom is -0.340 e. The van der Waals surface area contributed by atoms with Gasteiger partial charge in [0.25, 0.3) is 0 Å². The van der Waals surface area contributed by atoms with E-state index in [4.69, 9.17) is 0 Å². The van der Waals surface area contributed by atoms with Crippen LogP contribution in [0.3, 0.4) is 0 Å². The molecular weight excluding hydrogens is 328 g/mol. The maximum absolute atomic E-state index is 13.6. The molecule has 136 valence electrons. The van der Waals surface area contributed by atoms with Crippen LogP contribution in [0.2, 0.25) is 0 Å². The van der Waals surface area contributed by atoms with E-state index in [1.54, 1.807) is 4.90 Å². The fraction of sp³-hybridized carbons (Fsp3) is 0.556. The summed E-state index contributed by atoms with van der Waals surface area (Å²) in [6.07, 6.45) is 3.39. The summed E-state index contributed by atoms with van der Waals surface area (Å²) < 4.78 is 26.7. The Labute approximate surface area is 146 Å². The number of amides is 3. The molecule has 0 saturated carbocycles.